The van der Waals surface area contributed by atoms with Gasteiger partial charge in [-0.15, -0.1) is 0 Å². The average molecular weight is 381 g/mol. The summed E-state index contributed by atoms with van der Waals surface area (Å²) in [6.07, 6.45) is 8.66. The number of urea groups is 1. The Hall–Kier alpha value is -3.15. The molecule has 0 aliphatic carbocycles. The van der Waals surface area contributed by atoms with Crippen LogP contribution in [0, 0.1) is 0 Å². The van der Waals surface area contributed by atoms with Gasteiger partial charge in [0.25, 0.3) is 0 Å². The van der Waals surface area contributed by atoms with Crippen LogP contribution in [0.2, 0.25) is 0 Å². The summed E-state index contributed by atoms with van der Waals surface area (Å²) in [5.41, 5.74) is 3.18. The fraction of sp³-hybridized carbons (Fsp3) is 0.318. The molecule has 0 bridgehead atoms. The summed E-state index contributed by atoms with van der Waals surface area (Å²) < 4.78 is 0. The van der Waals surface area contributed by atoms with Gasteiger partial charge in [-0.05, 0) is 36.3 Å². The zero-order valence-corrected chi connectivity index (χ0v) is 16.4. The molecule has 28 heavy (non-hydrogen) atoms. The molecule has 1 aromatic heterocycles. The molecule has 0 spiro atoms. The standard InChI is InChI=1S/C22H27N3O3/c1-3-4-5-6-14-23-22(28)25(2)20-9-7-8-17(15-20)18-10-11-19(24-16-18)12-13-21(26)27/h7-13,15-16H,3-6,14H2,1-2H3,(H,23,28)(H,26,27)/b13-12+. The highest BCUT2D eigenvalue weighted by Gasteiger charge is 2.11. The average Bonchev–Trinajstić information content (AvgIpc) is 2.72. The van der Waals surface area contributed by atoms with Gasteiger partial charge in [0, 0.05) is 37.1 Å². The quantitative estimate of drug-likeness (QED) is 0.492. The van der Waals surface area contributed by atoms with Crippen LogP contribution < -0.4 is 10.2 Å². The molecule has 1 heterocycles. The number of hydrogen-bond acceptors (Lipinski definition) is 3. The Morgan fingerprint density at radius 3 is 2.64 bits per heavy atom. The fourth-order valence-electron chi connectivity index (χ4n) is 2.71. The van der Waals surface area contributed by atoms with E-state index in [-0.39, 0.29) is 6.03 Å². The van der Waals surface area contributed by atoms with Crippen molar-refractivity contribution >= 4 is 23.8 Å². The van der Waals surface area contributed by atoms with Crippen molar-refractivity contribution in [2.24, 2.45) is 0 Å². The largest absolute Gasteiger partial charge is 0.478 e. The first-order chi connectivity index (χ1) is 13.5. The summed E-state index contributed by atoms with van der Waals surface area (Å²) in [7, 11) is 1.75. The molecule has 0 aliphatic rings. The van der Waals surface area contributed by atoms with Crippen LogP contribution in [-0.2, 0) is 4.79 Å². The molecular formula is C22H27N3O3. The number of rotatable bonds is 9. The maximum Gasteiger partial charge on any atom is 0.328 e. The van der Waals surface area contributed by atoms with Crippen molar-refractivity contribution in [3.8, 4) is 11.1 Å². The zero-order valence-electron chi connectivity index (χ0n) is 16.4. The Morgan fingerprint density at radius 1 is 1.14 bits per heavy atom. The monoisotopic (exact) mass is 381 g/mol. The minimum Gasteiger partial charge on any atom is -0.478 e. The summed E-state index contributed by atoms with van der Waals surface area (Å²) in [5, 5.41) is 11.6. The van der Waals surface area contributed by atoms with Crippen molar-refractivity contribution in [1.29, 1.82) is 0 Å². The van der Waals surface area contributed by atoms with Gasteiger partial charge in [-0.2, -0.15) is 0 Å². The summed E-state index contributed by atoms with van der Waals surface area (Å²) in [6.45, 7) is 2.84. The summed E-state index contributed by atoms with van der Waals surface area (Å²) in [6, 6.07) is 11.2. The molecule has 0 fully saturated rings. The maximum atomic E-state index is 12.3. The van der Waals surface area contributed by atoms with Gasteiger partial charge in [0.2, 0.25) is 0 Å². The number of carboxylic acids is 1. The highest BCUT2D eigenvalue weighted by atomic mass is 16.4. The second-order valence-corrected chi connectivity index (χ2v) is 6.55. The van der Waals surface area contributed by atoms with Crippen LogP contribution in [0.5, 0.6) is 0 Å². The first kappa shape index (κ1) is 21.2. The van der Waals surface area contributed by atoms with Crippen LogP contribution in [-0.4, -0.2) is 35.7 Å². The zero-order chi connectivity index (χ0) is 20.4. The molecule has 6 heteroatoms. The molecule has 0 saturated heterocycles. The maximum absolute atomic E-state index is 12.3. The number of carbonyl (C=O) groups is 2. The number of aliphatic carboxylic acids is 1. The van der Waals surface area contributed by atoms with Gasteiger partial charge < -0.3 is 10.4 Å². The van der Waals surface area contributed by atoms with Crippen LogP contribution >= 0.6 is 0 Å². The van der Waals surface area contributed by atoms with Crippen molar-refractivity contribution in [1.82, 2.24) is 10.3 Å². The molecule has 0 atom stereocenters. The molecule has 0 aliphatic heterocycles. The predicted octanol–water partition coefficient (Wildman–Crippen LogP) is 4.57. The van der Waals surface area contributed by atoms with Crippen LogP contribution in [0.25, 0.3) is 17.2 Å². The lowest BCUT2D eigenvalue weighted by Gasteiger charge is -2.19. The van der Waals surface area contributed by atoms with Crippen LogP contribution in [0.1, 0.15) is 38.3 Å². The predicted molar refractivity (Wildman–Crippen MR) is 112 cm³/mol. The fourth-order valence-corrected chi connectivity index (χ4v) is 2.71. The number of carboxylic acid groups (broad SMARTS) is 1. The van der Waals surface area contributed by atoms with E-state index in [0.717, 1.165) is 35.7 Å². The van der Waals surface area contributed by atoms with E-state index < -0.39 is 5.97 Å². The van der Waals surface area contributed by atoms with E-state index >= 15 is 0 Å². The Bertz CT molecular complexity index is 816. The molecule has 0 saturated carbocycles. The van der Waals surface area contributed by atoms with Gasteiger partial charge >= 0.3 is 12.0 Å². The second kappa shape index (κ2) is 10.9. The normalized spacial score (nSPS) is 10.8. The Morgan fingerprint density at radius 2 is 1.96 bits per heavy atom. The number of anilines is 1. The lowest BCUT2D eigenvalue weighted by Crippen LogP contribution is -2.37. The van der Waals surface area contributed by atoms with Crippen LogP contribution in [0.3, 0.4) is 0 Å². The molecule has 0 radical (unpaired) electrons. The van der Waals surface area contributed by atoms with E-state index in [2.05, 4.69) is 17.2 Å². The van der Waals surface area contributed by atoms with E-state index in [1.165, 1.54) is 18.9 Å². The molecule has 6 nitrogen and oxygen atoms in total. The number of amides is 2. The van der Waals surface area contributed by atoms with Gasteiger partial charge in [0.05, 0.1) is 5.69 Å². The van der Waals surface area contributed by atoms with Gasteiger partial charge in [-0.3, -0.25) is 9.88 Å². The number of pyridine rings is 1. The Labute approximate surface area is 165 Å². The van der Waals surface area contributed by atoms with Crippen molar-refractivity contribution in [2.75, 3.05) is 18.5 Å². The van der Waals surface area contributed by atoms with Crippen molar-refractivity contribution in [2.45, 2.75) is 32.6 Å². The van der Waals surface area contributed by atoms with Crippen LogP contribution in [0.4, 0.5) is 10.5 Å². The minimum atomic E-state index is -1.01. The number of nitrogens with one attached hydrogen (secondary N) is 1. The number of nitrogens with zero attached hydrogens (tertiary/aromatic N) is 2. The van der Waals surface area contributed by atoms with E-state index in [9.17, 15) is 9.59 Å². The summed E-state index contributed by atoms with van der Waals surface area (Å²) in [5.74, 6) is -1.01. The number of aromatic nitrogens is 1. The second-order valence-electron chi connectivity index (χ2n) is 6.55. The first-order valence-electron chi connectivity index (χ1n) is 9.50. The SMILES string of the molecule is CCCCCCNC(=O)N(C)c1cccc(-c2ccc(/C=C/C(=O)O)nc2)c1. The number of hydrogen-bond donors (Lipinski definition) is 2. The third-order valence-corrected chi connectivity index (χ3v) is 4.36. The van der Waals surface area contributed by atoms with Gasteiger partial charge in [0.15, 0.2) is 0 Å². The number of benzene rings is 1. The van der Waals surface area contributed by atoms with E-state index in [4.69, 9.17) is 5.11 Å². The van der Waals surface area contributed by atoms with E-state index in [1.54, 1.807) is 24.2 Å². The molecule has 2 aromatic rings. The lowest BCUT2D eigenvalue weighted by atomic mass is 10.1. The summed E-state index contributed by atoms with van der Waals surface area (Å²) >= 11 is 0. The molecule has 148 valence electrons. The topological polar surface area (TPSA) is 82.5 Å². The molecule has 0 unspecified atom stereocenters. The van der Waals surface area contributed by atoms with Gasteiger partial charge in [-0.1, -0.05) is 44.4 Å². The molecule has 2 N–H and O–H groups in total. The van der Waals surface area contributed by atoms with E-state index in [0.29, 0.717) is 12.2 Å². The Kier molecular flexibility index (Phi) is 8.21. The molecular weight excluding hydrogens is 354 g/mol. The first-order valence-corrected chi connectivity index (χ1v) is 9.50. The van der Waals surface area contributed by atoms with Crippen LogP contribution in [0.15, 0.2) is 48.7 Å². The van der Waals surface area contributed by atoms with Gasteiger partial charge in [-0.25, -0.2) is 9.59 Å². The highest BCUT2D eigenvalue weighted by Crippen LogP contribution is 2.24. The third kappa shape index (κ3) is 6.54. The molecule has 2 rings (SSSR count). The van der Waals surface area contributed by atoms with Crippen molar-refractivity contribution in [3.05, 3.63) is 54.4 Å². The lowest BCUT2D eigenvalue weighted by molar-refractivity contribution is -0.131. The Balaban J connectivity index is 2.02. The number of carbonyl (C=O) groups excluding carboxylic acids is 1. The smallest absolute Gasteiger partial charge is 0.328 e. The highest BCUT2D eigenvalue weighted by molar-refractivity contribution is 5.92. The summed E-state index contributed by atoms with van der Waals surface area (Å²) in [4.78, 5) is 28.8. The van der Waals surface area contributed by atoms with Crippen molar-refractivity contribution < 1.29 is 14.7 Å². The van der Waals surface area contributed by atoms with Gasteiger partial charge in [0.1, 0.15) is 0 Å². The minimum absolute atomic E-state index is 0.124. The van der Waals surface area contributed by atoms with E-state index in [1.807, 2.05) is 30.3 Å². The number of unbranched alkanes of at least 4 members (excludes halogenated alkanes) is 3. The third-order valence-electron chi connectivity index (χ3n) is 4.36. The van der Waals surface area contributed by atoms with Crippen molar-refractivity contribution in [3.63, 3.8) is 0 Å². The molecule has 1 aromatic carbocycles. The molecule has 2 amide bonds.